The van der Waals surface area contributed by atoms with Gasteiger partial charge < -0.3 is 9.07 Å². The van der Waals surface area contributed by atoms with Gasteiger partial charge in [-0.25, -0.2) is 0 Å². The first-order valence-corrected chi connectivity index (χ1v) is 13.3. The van der Waals surface area contributed by atoms with Crippen molar-refractivity contribution < 1.29 is 18.3 Å². The van der Waals surface area contributed by atoms with Gasteiger partial charge in [-0.2, -0.15) is 0 Å². The van der Waals surface area contributed by atoms with Crippen molar-refractivity contribution in [3.63, 3.8) is 0 Å². The van der Waals surface area contributed by atoms with Gasteiger partial charge in [0.05, 0.1) is 0 Å². The van der Waals surface area contributed by atoms with E-state index >= 15 is 0 Å². The largest absolute Gasteiger partial charge is 0.421 e. The van der Waals surface area contributed by atoms with Gasteiger partial charge in [0, 0.05) is 11.1 Å². The fourth-order valence-electron chi connectivity index (χ4n) is 2.82. The summed E-state index contributed by atoms with van der Waals surface area (Å²) < 4.78 is 23.6. The molecule has 2 aromatic carbocycles. The van der Waals surface area contributed by atoms with Crippen LogP contribution in [0.15, 0.2) is 36.4 Å². The Labute approximate surface area is 183 Å². The molecule has 2 aromatic rings. The molecule has 1 unspecified atom stereocenters. The van der Waals surface area contributed by atoms with Gasteiger partial charge in [-0.15, -0.1) is 0 Å². The van der Waals surface area contributed by atoms with E-state index in [-0.39, 0.29) is 10.8 Å². The van der Waals surface area contributed by atoms with Crippen molar-refractivity contribution in [3.8, 4) is 11.5 Å². The zero-order chi connectivity index (χ0) is 22.0. The van der Waals surface area contributed by atoms with E-state index in [2.05, 4.69) is 41.5 Å². The van der Waals surface area contributed by atoms with E-state index in [1.54, 1.807) is 0 Å². The lowest BCUT2D eigenvalue weighted by Gasteiger charge is -2.23. The summed E-state index contributed by atoms with van der Waals surface area (Å²) in [6, 6.07) is 11.7. The Morgan fingerprint density at radius 3 is 1.76 bits per heavy atom. The van der Waals surface area contributed by atoms with Crippen LogP contribution in [0.3, 0.4) is 0 Å². The van der Waals surface area contributed by atoms with Gasteiger partial charge >= 0.3 is 5.92 Å². The van der Waals surface area contributed by atoms with E-state index in [4.69, 9.17) is 25.0 Å². The molecule has 0 aliphatic heterocycles. The van der Waals surface area contributed by atoms with Crippen LogP contribution in [-0.2, 0) is 20.1 Å². The number of hydrogen-bond donors (Lipinski definition) is 0. The quantitative estimate of drug-likeness (QED) is 0.189. The summed E-state index contributed by atoms with van der Waals surface area (Å²) in [6.07, 6.45) is 0. The first kappa shape index (κ1) is 24.1. The van der Waals surface area contributed by atoms with Crippen LogP contribution < -0.4 is 9.07 Å². The van der Waals surface area contributed by atoms with Crippen LogP contribution in [0.2, 0.25) is 0 Å². The van der Waals surface area contributed by atoms with Crippen molar-refractivity contribution in [1.82, 2.24) is 0 Å². The predicted octanol–water partition coefficient (Wildman–Crippen LogP) is 8.28. The van der Waals surface area contributed by atoms with Gasteiger partial charge in [-0.1, -0.05) is 70.5 Å². The normalized spacial score (nSPS) is 14.4. The summed E-state index contributed by atoms with van der Waals surface area (Å²) in [5, 5.41) is 0. The molecule has 0 aromatic heterocycles. The number of rotatable bonds is 6. The summed E-state index contributed by atoms with van der Waals surface area (Å²) in [4.78, 5) is 5.42. The first-order valence-electron chi connectivity index (χ1n) is 9.43. The Morgan fingerprint density at radius 2 is 1.28 bits per heavy atom. The van der Waals surface area contributed by atoms with Crippen molar-refractivity contribution in [2.24, 2.45) is 0 Å². The number of benzene rings is 2. The van der Waals surface area contributed by atoms with Gasteiger partial charge in [0.1, 0.15) is 5.75 Å². The Kier molecular flexibility index (Phi) is 7.44. The highest BCUT2D eigenvalue weighted by molar-refractivity contribution is 8.61. The lowest BCUT2D eigenvalue weighted by molar-refractivity contribution is -0.0919. The van der Waals surface area contributed by atoms with Crippen molar-refractivity contribution in [2.45, 2.75) is 66.2 Å². The van der Waals surface area contributed by atoms with Gasteiger partial charge in [0.15, 0.2) is 17.4 Å². The van der Waals surface area contributed by atoms with Gasteiger partial charge in [0.2, 0.25) is 0 Å². The maximum Gasteiger partial charge on any atom is 0.421 e. The third-order valence-corrected chi connectivity index (χ3v) is 6.62. The van der Waals surface area contributed by atoms with Crippen molar-refractivity contribution in [3.05, 3.63) is 58.7 Å². The van der Waals surface area contributed by atoms with E-state index in [0.717, 1.165) is 22.3 Å². The van der Waals surface area contributed by atoms with E-state index in [9.17, 15) is 4.57 Å². The second-order valence-corrected chi connectivity index (χ2v) is 14.4. The Bertz CT molecular complexity index is 845. The summed E-state index contributed by atoms with van der Waals surface area (Å²) in [7, 11) is 0. The van der Waals surface area contributed by atoms with E-state index in [0.29, 0.717) is 23.2 Å². The molecule has 0 saturated heterocycles. The highest BCUT2D eigenvalue weighted by atomic mass is 35.7. The van der Waals surface area contributed by atoms with Crippen LogP contribution in [0.1, 0.15) is 63.8 Å². The summed E-state index contributed by atoms with van der Waals surface area (Å²) in [5.41, 5.74) is 3.64. The molecule has 1 atom stereocenters. The van der Waals surface area contributed by atoms with Crippen molar-refractivity contribution in [2.75, 3.05) is 0 Å². The molecule has 29 heavy (non-hydrogen) atoms. The number of hydrogen-bond acceptors (Lipinski definition) is 5. The van der Waals surface area contributed by atoms with Crippen LogP contribution in [-0.4, -0.2) is 0 Å². The molecule has 0 aliphatic carbocycles. The highest BCUT2D eigenvalue weighted by Gasteiger charge is 2.29. The van der Waals surface area contributed by atoms with Crippen molar-refractivity contribution in [1.29, 1.82) is 0 Å². The number of halogens is 1. The third-order valence-electron chi connectivity index (χ3n) is 4.32. The Morgan fingerprint density at radius 1 is 0.828 bits per heavy atom. The average Bonchev–Trinajstić information content (AvgIpc) is 2.56. The molecule has 4 nitrogen and oxygen atoms in total. The standard InChI is InChI=1S/C22H30ClO4PS/c1-15-9-11-17(21(3,4)5)19(13-15)25-27-28(23,24)29-26-20-14-16(2)10-12-18(20)22(6,7)8/h9-14H,1-8H3. The van der Waals surface area contributed by atoms with Gasteiger partial charge in [-0.3, -0.25) is 4.57 Å². The second kappa shape index (κ2) is 8.93. The molecule has 0 saturated carbocycles. The molecule has 0 bridgehead atoms. The van der Waals surface area contributed by atoms with Crippen LogP contribution in [0, 0.1) is 13.8 Å². The minimum Gasteiger partial charge on any atom is -0.415 e. The lowest BCUT2D eigenvalue weighted by atomic mass is 9.86. The van der Waals surface area contributed by atoms with Crippen LogP contribution in [0.25, 0.3) is 0 Å². The number of aryl methyl sites for hydroxylation is 2. The SMILES string of the molecule is Cc1ccc(C(C)(C)C)c(OOP(=O)(Cl)SOc2cc(C)ccc2C(C)(C)C)c1. The zero-order valence-electron chi connectivity index (χ0n) is 18.3. The first-order chi connectivity index (χ1) is 13.2. The molecule has 0 aliphatic rings. The van der Waals surface area contributed by atoms with Crippen LogP contribution in [0.5, 0.6) is 11.5 Å². The molecule has 0 amide bonds. The summed E-state index contributed by atoms with van der Waals surface area (Å²) in [6.45, 7) is 16.4. The molecule has 0 spiro atoms. The second-order valence-electron chi connectivity index (χ2n) is 9.25. The minimum atomic E-state index is -3.75. The van der Waals surface area contributed by atoms with E-state index < -0.39 is 5.92 Å². The molecule has 0 heterocycles. The smallest absolute Gasteiger partial charge is 0.415 e. The van der Waals surface area contributed by atoms with E-state index in [1.165, 1.54) is 0 Å². The lowest BCUT2D eigenvalue weighted by Crippen LogP contribution is -2.13. The minimum absolute atomic E-state index is 0.138. The average molecular weight is 457 g/mol. The third kappa shape index (κ3) is 6.96. The molecule has 160 valence electrons. The Balaban J connectivity index is 2.14. The molecule has 0 N–H and O–H groups in total. The molecular formula is C22H30ClO4PS. The fourth-order valence-corrected chi connectivity index (χ4v) is 4.33. The fraction of sp³-hybridized carbons (Fsp3) is 0.455. The van der Waals surface area contributed by atoms with E-state index in [1.807, 2.05) is 50.2 Å². The van der Waals surface area contributed by atoms with Gasteiger partial charge in [-0.05, 0) is 59.2 Å². The maximum atomic E-state index is 12.7. The maximum absolute atomic E-state index is 12.7. The summed E-state index contributed by atoms with van der Waals surface area (Å²) >= 11 is 6.68. The zero-order valence-corrected chi connectivity index (χ0v) is 20.8. The predicted molar refractivity (Wildman–Crippen MR) is 123 cm³/mol. The summed E-state index contributed by atoms with van der Waals surface area (Å²) in [5.74, 6) is -2.65. The van der Waals surface area contributed by atoms with Crippen molar-refractivity contribution >= 4 is 28.8 Å². The Hall–Kier alpha value is -1.13. The van der Waals surface area contributed by atoms with Crippen LogP contribution in [0.4, 0.5) is 0 Å². The van der Waals surface area contributed by atoms with Crippen LogP contribution >= 0.6 is 28.8 Å². The molecule has 7 heteroatoms. The molecular weight excluding hydrogens is 427 g/mol. The molecule has 0 radical (unpaired) electrons. The molecule has 0 fully saturated rings. The van der Waals surface area contributed by atoms with Gasteiger partial charge in [0.25, 0.3) is 0 Å². The topological polar surface area (TPSA) is 44.8 Å². The highest BCUT2D eigenvalue weighted by Crippen LogP contribution is 2.64. The monoisotopic (exact) mass is 456 g/mol. The molecule has 2 rings (SSSR count).